The van der Waals surface area contributed by atoms with Gasteiger partial charge in [-0.3, -0.25) is 5.32 Å². The number of hydrogen-bond acceptors (Lipinski definition) is 6. The number of nitrogens with one attached hydrogen (secondary N) is 1. The van der Waals surface area contributed by atoms with Gasteiger partial charge in [-0.25, -0.2) is 9.78 Å². The first kappa shape index (κ1) is 21.6. The average molecular weight is 451 g/mol. The van der Waals surface area contributed by atoms with Crippen molar-refractivity contribution in [3.8, 4) is 5.75 Å². The van der Waals surface area contributed by atoms with Crippen molar-refractivity contribution in [2.24, 2.45) is 17.1 Å². The molecule has 1 aliphatic rings. The fraction of sp³-hybridized carbons (Fsp3) is 0.529. The second kappa shape index (κ2) is 7.01. The molecule has 1 aliphatic carbocycles. The first-order valence-electron chi connectivity index (χ1n) is 8.71. The zero-order valence-electron chi connectivity index (χ0n) is 15.9. The number of urea groups is 1. The number of aryl methyl sites for hydroxylation is 1. The van der Waals surface area contributed by atoms with Crippen LogP contribution in [0.4, 0.5) is 23.0 Å². The van der Waals surface area contributed by atoms with Crippen molar-refractivity contribution >= 4 is 42.7 Å². The fourth-order valence-corrected chi connectivity index (χ4v) is 4.87. The summed E-state index contributed by atoms with van der Waals surface area (Å²) in [6.07, 6.45) is 2.26. The number of nitrogens with two attached hydrogens (primary N) is 1. The van der Waals surface area contributed by atoms with Crippen molar-refractivity contribution in [1.29, 1.82) is 0 Å². The maximum Gasteiger partial charge on any atom is 0.534 e. The number of halogens is 3. The Balaban J connectivity index is 2.14. The minimum absolute atomic E-state index is 0.0267. The van der Waals surface area contributed by atoms with E-state index in [1.54, 1.807) is 6.07 Å². The third-order valence-corrected chi connectivity index (χ3v) is 6.89. The molecule has 0 bridgehead atoms. The van der Waals surface area contributed by atoms with E-state index in [1.165, 1.54) is 0 Å². The maximum absolute atomic E-state index is 12.8. The van der Waals surface area contributed by atoms with Gasteiger partial charge in [0.2, 0.25) is 0 Å². The number of carbonyl (C=O) groups is 1. The molecule has 29 heavy (non-hydrogen) atoms. The van der Waals surface area contributed by atoms with Gasteiger partial charge in [0.25, 0.3) is 0 Å². The summed E-state index contributed by atoms with van der Waals surface area (Å²) in [4.78, 5) is 16.0. The van der Waals surface area contributed by atoms with Crippen LogP contribution in [0.5, 0.6) is 5.75 Å². The standard InChI is InChI=1S/C17H20F3N3O4S2/c1-16(2,3)9-4-5-11-8(6-9)7-10-12(27-29(25,26)17(18,19)20)14(23-15(21)24)28-13(10)22-11/h7,9H,4-6H2,1-3H3,(H3,21,23,24). The zero-order valence-corrected chi connectivity index (χ0v) is 17.5. The largest absolute Gasteiger partial charge is 0.534 e. The Morgan fingerprint density at radius 3 is 2.55 bits per heavy atom. The molecule has 0 fully saturated rings. The van der Waals surface area contributed by atoms with E-state index in [2.05, 4.69) is 35.3 Å². The van der Waals surface area contributed by atoms with E-state index in [-0.39, 0.29) is 20.6 Å². The van der Waals surface area contributed by atoms with Crippen LogP contribution in [0.3, 0.4) is 0 Å². The molecule has 0 radical (unpaired) electrons. The minimum atomic E-state index is -5.94. The zero-order chi connectivity index (χ0) is 21.8. The molecule has 1 unspecified atom stereocenters. The minimum Gasteiger partial charge on any atom is -0.372 e. The molecule has 1 atom stereocenters. The summed E-state index contributed by atoms with van der Waals surface area (Å²) in [6, 6.07) is 0.530. The molecule has 2 heterocycles. The Morgan fingerprint density at radius 1 is 1.34 bits per heavy atom. The summed E-state index contributed by atoms with van der Waals surface area (Å²) in [5.74, 6) is -0.298. The first-order chi connectivity index (χ1) is 13.2. The molecular weight excluding hydrogens is 431 g/mol. The summed E-state index contributed by atoms with van der Waals surface area (Å²) in [5.41, 5.74) is 1.09. The molecule has 12 heteroatoms. The highest BCUT2D eigenvalue weighted by molar-refractivity contribution is 7.88. The van der Waals surface area contributed by atoms with Gasteiger partial charge in [-0.05, 0) is 42.2 Å². The molecule has 0 saturated heterocycles. The predicted octanol–water partition coefficient (Wildman–Crippen LogP) is 4.17. The first-order valence-corrected chi connectivity index (χ1v) is 10.9. The average Bonchev–Trinajstić information content (AvgIpc) is 2.85. The third-order valence-electron chi connectivity index (χ3n) is 4.94. The monoisotopic (exact) mass is 451 g/mol. The lowest BCUT2D eigenvalue weighted by atomic mass is 9.71. The van der Waals surface area contributed by atoms with Crippen LogP contribution in [0.1, 0.15) is 38.4 Å². The van der Waals surface area contributed by atoms with E-state index in [0.29, 0.717) is 18.8 Å². The quantitative estimate of drug-likeness (QED) is 0.538. The molecule has 2 aromatic heterocycles. The van der Waals surface area contributed by atoms with Crippen molar-refractivity contribution in [2.45, 2.75) is 45.5 Å². The molecule has 2 aromatic rings. The summed E-state index contributed by atoms with van der Waals surface area (Å²) >= 11 is 0.803. The van der Waals surface area contributed by atoms with E-state index < -0.39 is 27.4 Å². The Hall–Kier alpha value is -2.08. The summed E-state index contributed by atoms with van der Waals surface area (Å²) < 4.78 is 66.0. The summed E-state index contributed by atoms with van der Waals surface area (Å²) in [7, 11) is -5.94. The lowest BCUT2D eigenvalue weighted by molar-refractivity contribution is -0.0499. The molecule has 0 aromatic carbocycles. The SMILES string of the molecule is CC(C)(C)C1CCc2nc3sc(NC(N)=O)c(OS(=O)(=O)C(F)(F)F)c3cc2C1. The van der Waals surface area contributed by atoms with Crippen LogP contribution in [-0.4, -0.2) is 24.9 Å². The van der Waals surface area contributed by atoms with Crippen molar-refractivity contribution in [3.05, 3.63) is 17.3 Å². The van der Waals surface area contributed by atoms with Crippen LogP contribution < -0.4 is 15.2 Å². The number of primary amides is 1. The van der Waals surface area contributed by atoms with Crippen molar-refractivity contribution in [2.75, 3.05) is 5.32 Å². The second-order valence-corrected chi connectivity index (χ2v) is 10.5. The highest BCUT2D eigenvalue weighted by Crippen LogP contribution is 2.46. The lowest BCUT2D eigenvalue weighted by Gasteiger charge is -2.34. The van der Waals surface area contributed by atoms with Gasteiger partial charge in [0.15, 0.2) is 5.75 Å². The van der Waals surface area contributed by atoms with Crippen molar-refractivity contribution in [1.82, 2.24) is 4.98 Å². The molecule has 0 spiro atoms. The fourth-order valence-electron chi connectivity index (χ4n) is 3.32. The molecule has 2 amide bonds. The van der Waals surface area contributed by atoms with Gasteiger partial charge in [0.05, 0.1) is 5.39 Å². The predicted molar refractivity (Wildman–Crippen MR) is 103 cm³/mol. The lowest BCUT2D eigenvalue weighted by Crippen LogP contribution is -2.28. The van der Waals surface area contributed by atoms with Gasteiger partial charge >= 0.3 is 21.7 Å². The Bertz CT molecular complexity index is 1070. The highest BCUT2D eigenvalue weighted by atomic mass is 32.2. The van der Waals surface area contributed by atoms with Crippen LogP contribution >= 0.6 is 11.3 Å². The third kappa shape index (κ3) is 4.27. The van der Waals surface area contributed by atoms with Crippen LogP contribution in [0.25, 0.3) is 10.2 Å². The molecule has 0 aliphatic heterocycles. The van der Waals surface area contributed by atoms with Crippen LogP contribution in [-0.2, 0) is 23.0 Å². The molecule has 7 nitrogen and oxygen atoms in total. The van der Waals surface area contributed by atoms with Gasteiger partial charge in [-0.15, -0.1) is 0 Å². The van der Waals surface area contributed by atoms with Gasteiger partial charge < -0.3 is 9.92 Å². The number of hydrogen-bond donors (Lipinski definition) is 2. The Morgan fingerprint density at radius 2 is 2.00 bits per heavy atom. The smallest absolute Gasteiger partial charge is 0.372 e. The number of carbonyl (C=O) groups excluding carboxylic acids is 1. The van der Waals surface area contributed by atoms with E-state index >= 15 is 0 Å². The number of fused-ring (bicyclic) bond motifs is 2. The molecule has 3 rings (SSSR count). The maximum atomic E-state index is 12.8. The molecular formula is C17H20F3N3O4S2. The number of aromatic nitrogens is 1. The summed E-state index contributed by atoms with van der Waals surface area (Å²) in [5, 5.41) is 1.96. The van der Waals surface area contributed by atoms with Crippen LogP contribution in [0.2, 0.25) is 0 Å². The highest BCUT2D eigenvalue weighted by Gasteiger charge is 2.49. The Kier molecular flexibility index (Phi) is 5.23. The van der Waals surface area contributed by atoms with Crippen molar-refractivity contribution in [3.63, 3.8) is 0 Å². The van der Waals surface area contributed by atoms with E-state index in [0.717, 1.165) is 29.0 Å². The number of thiophene rings is 1. The summed E-state index contributed by atoms with van der Waals surface area (Å²) in [6.45, 7) is 6.33. The number of pyridine rings is 1. The molecule has 3 N–H and O–H groups in total. The van der Waals surface area contributed by atoms with Gasteiger partial charge in [0.1, 0.15) is 9.83 Å². The second-order valence-electron chi connectivity index (χ2n) is 7.99. The van der Waals surface area contributed by atoms with Gasteiger partial charge in [-0.2, -0.15) is 21.6 Å². The number of alkyl halides is 3. The van der Waals surface area contributed by atoms with Gasteiger partial charge in [0, 0.05) is 5.69 Å². The van der Waals surface area contributed by atoms with E-state index in [9.17, 15) is 26.4 Å². The molecule has 160 valence electrons. The van der Waals surface area contributed by atoms with Gasteiger partial charge in [-0.1, -0.05) is 32.1 Å². The number of anilines is 1. The molecule has 0 saturated carbocycles. The van der Waals surface area contributed by atoms with Crippen LogP contribution in [0, 0.1) is 11.3 Å². The normalized spacial score (nSPS) is 17.8. The van der Waals surface area contributed by atoms with Crippen LogP contribution in [0.15, 0.2) is 6.07 Å². The topological polar surface area (TPSA) is 111 Å². The number of amides is 2. The van der Waals surface area contributed by atoms with E-state index in [1.807, 2.05) is 0 Å². The Labute approximate surface area is 169 Å². The van der Waals surface area contributed by atoms with Crippen molar-refractivity contribution < 1.29 is 30.6 Å². The number of nitrogens with zero attached hydrogens (tertiary/aromatic N) is 1. The number of rotatable bonds is 3. The van der Waals surface area contributed by atoms with E-state index in [4.69, 9.17) is 5.73 Å².